The molecule has 0 radical (unpaired) electrons. The number of allylic oxidation sites excluding steroid dienone is 2. The van der Waals surface area contributed by atoms with Crippen LogP contribution in [0, 0.1) is 6.92 Å². The summed E-state index contributed by atoms with van der Waals surface area (Å²) < 4.78 is 0. The lowest BCUT2D eigenvalue weighted by Crippen LogP contribution is -2.03. The average Bonchev–Trinajstić information content (AvgIpc) is 2.40. The number of fused-ring (bicyclic) bond motifs is 1. The van der Waals surface area contributed by atoms with E-state index in [4.69, 9.17) is 0 Å². The minimum atomic E-state index is 0.989. The summed E-state index contributed by atoms with van der Waals surface area (Å²) in [5, 5.41) is 3.34. The second-order valence-electron chi connectivity index (χ2n) is 3.53. The van der Waals surface area contributed by atoms with Gasteiger partial charge in [-0.15, -0.1) is 0 Å². The predicted octanol–water partition coefficient (Wildman–Crippen LogP) is 2.39. The number of aryl methyl sites for hydroxylation is 1. The summed E-state index contributed by atoms with van der Waals surface area (Å²) in [6.45, 7) is 5.12. The van der Waals surface area contributed by atoms with Crippen LogP contribution >= 0.6 is 0 Å². The standard InChI is InChI=1S/C11H15N3/c1-3-9-5-4-6-12-11-10(9)8(2)13-7-14-11/h3,7H,4-6H2,1-2H3,(H,12,13,14)/b9-3-. The summed E-state index contributed by atoms with van der Waals surface area (Å²) in [5.41, 5.74) is 3.63. The Bertz CT molecular complexity index is 369. The van der Waals surface area contributed by atoms with Gasteiger partial charge in [0.1, 0.15) is 12.1 Å². The van der Waals surface area contributed by atoms with Gasteiger partial charge in [-0.25, -0.2) is 9.97 Å². The minimum Gasteiger partial charge on any atom is -0.369 e. The van der Waals surface area contributed by atoms with Crippen molar-refractivity contribution in [3.8, 4) is 0 Å². The van der Waals surface area contributed by atoms with Crippen molar-refractivity contribution in [2.24, 2.45) is 0 Å². The van der Waals surface area contributed by atoms with Gasteiger partial charge in [0, 0.05) is 12.1 Å². The SMILES string of the molecule is C/C=C1/CCCNc2ncnc(C)c21. The van der Waals surface area contributed by atoms with Gasteiger partial charge in [-0.2, -0.15) is 0 Å². The minimum absolute atomic E-state index is 0.989. The number of hydrogen-bond acceptors (Lipinski definition) is 3. The first kappa shape index (κ1) is 9.19. The van der Waals surface area contributed by atoms with Gasteiger partial charge < -0.3 is 5.32 Å². The summed E-state index contributed by atoms with van der Waals surface area (Å²) in [5.74, 6) is 0.989. The topological polar surface area (TPSA) is 37.8 Å². The van der Waals surface area contributed by atoms with E-state index in [-0.39, 0.29) is 0 Å². The van der Waals surface area contributed by atoms with E-state index in [1.807, 2.05) is 6.92 Å². The zero-order chi connectivity index (χ0) is 9.97. The van der Waals surface area contributed by atoms with E-state index in [2.05, 4.69) is 28.3 Å². The van der Waals surface area contributed by atoms with Crippen LogP contribution in [0.3, 0.4) is 0 Å². The van der Waals surface area contributed by atoms with Crippen LogP contribution in [0.1, 0.15) is 31.0 Å². The van der Waals surface area contributed by atoms with E-state index in [9.17, 15) is 0 Å². The van der Waals surface area contributed by atoms with Gasteiger partial charge in [0.25, 0.3) is 0 Å². The van der Waals surface area contributed by atoms with Crippen LogP contribution in [0.15, 0.2) is 12.4 Å². The lowest BCUT2D eigenvalue weighted by molar-refractivity contribution is 0.912. The molecule has 0 aliphatic carbocycles. The molecule has 0 amide bonds. The number of hydrogen-bond donors (Lipinski definition) is 1. The molecule has 0 spiro atoms. The van der Waals surface area contributed by atoms with Crippen LogP contribution in [-0.4, -0.2) is 16.5 Å². The van der Waals surface area contributed by atoms with Crippen molar-refractivity contribution in [1.29, 1.82) is 0 Å². The summed E-state index contributed by atoms with van der Waals surface area (Å²) in [4.78, 5) is 8.52. The van der Waals surface area contributed by atoms with Crippen LogP contribution in [0.2, 0.25) is 0 Å². The van der Waals surface area contributed by atoms with E-state index in [0.717, 1.165) is 30.9 Å². The summed E-state index contributed by atoms with van der Waals surface area (Å²) in [6, 6.07) is 0. The number of nitrogens with zero attached hydrogens (tertiary/aromatic N) is 2. The molecule has 0 bridgehead atoms. The van der Waals surface area contributed by atoms with Crippen LogP contribution in [0.5, 0.6) is 0 Å². The average molecular weight is 189 g/mol. The monoisotopic (exact) mass is 189 g/mol. The van der Waals surface area contributed by atoms with Crippen molar-refractivity contribution in [3.05, 3.63) is 23.7 Å². The van der Waals surface area contributed by atoms with E-state index in [0.29, 0.717) is 0 Å². The third-order valence-corrected chi connectivity index (χ3v) is 2.62. The molecular formula is C11H15N3. The van der Waals surface area contributed by atoms with Crippen LogP contribution < -0.4 is 5.32 Å². The molecule has 0 unspecified atom stereocenters. The maximum atomic E-state index is 4.28. The van der Waals surface area contributed by atoms with E-state index in [1.165, 1.54) is 11.1 Å². The Labute approximate surface area is 84.3 Å². The van der Waals surface area contributed by atoms with Gasteiger partial charge in [0.2, 0.25) is 0 Å². The van der Waals surface area contributed by atoms with Crippen LogP contribution in [0.25, 0.3) is 5.57 Å². The van der Waals surface area contributed by atoms with Gasteiger partial charge in [0.15, 0.2) is 0 Å². The quantitative estimate of drug-likeness (QED) is 0.681. The lowest BCUT2D eigenvalue weighted by Gasteiger charge is -2.09. The van der Waals surface area contributed by atoms with Crippen molar-refractivity contribution in [3.63, 3.8) is 0 Å². The fourth-order valence-electron chi connectivity index (χ4n) is 1.89. The van der Waals surface area contributed by atoms with E-state index in [1.54, 1.807) is 6.33 Å². The van der Waals surface area contributed by atoms with Gasteiger partial charge in [-0.05, 0) is 32.3 Å². The van der Waals surface area contributed by atoms with Crippen molar-refractivity contribution >= 4 is 11.4 Å². The molecule has 1 aliphatic heterocycles. The van der Waals surface area contributed by atoms with Crippen molar-refractivity contribution in [2.75, 3.05) is 11.9 Å². The smallest absolute Gasteiger partial charge is 0.137 e. The molecule has 14 heavy (non-hydrogen) atoms. The van der Waals surface area contributed by atoms with Gasteiger partial charge in [-0.1, -0.05) is 6.08 Å². The fraction of sp³-hybridized carbons (Fsp3) is 0.455. The van der Waals surface area contributed by atoms with Crippen LogP contribution in [-0.2, 0) is 0 Å². The Hall–Kier alpha value is -1.38. The highest BCUT2D eigenvalue weighted by Gasteiger charge is 2.15. The fourth-order valence-corrected chi connectivity index (χ4v) is 1.89. The molecule has 0 fully saturated rings. The Kier molecular flexibility index (Phi) is 2.48. The predicted molar refractivity (Wildman–Crippen MR) is 58.1 cm³/mol. The Balaban J connectivity index is 2.57. The number of aromatic nitrogens is 2. The first-order valence-electron chi connectivity index (χ1n) is 5.04. The second-order valence-corrected chi connectivity index (χ2v) is 3.53. The van der Waals surface area contributed by atoms with Gasteiger partial charge in [0.05, 0.1) is 5.69 Å². The first-order valence-corrected chi connectivity index (χ1v) is 5.04. The normalized spacial score (nSPS) is 18.6. The highest BCUT2D eigenvalue weighted by Crippen LogP contribution is 2.29. The largest absolute Gasteiger partial charge is 0.369 e. The van der Waals surface area contributed by atoms with E-state index >= 15 is 0 Å². The molecule has 0 saturated heterocycles. The van der Waals surface area contributed by atoms with Crippen molar-refractivity contribution < 1.29 is 0 Å². The Morgan fingerprint density at radius 1 is 1.43 bits per heavy atom. The van der Waals surface area contributed by atoms with E-state index < -0.39 is 0 Å². The summed E-state index contributed by atoms with van der Waals surface area (Å²) >= 11 is 0. The molecule has 1 aliphatic rings. The number of rotatable bonds is 0. The maximum Gasteiger partial charge on any atom is 0.137 e. The number of nitrogens with one attached hydrogen (secondary N) is 1. The number of anilines is 1. The molecule has 0 aromatic carbocycles. The zero-order valence-corrected chi connectivity index (χ0v) is 8.67. The lowest BCUT2D eigenvalue weighted by atomic mass is 10.0. The van der Waals surface area contributed by atoms with Crippen molar-refractivity contribution in [1.82, 2.24) is 9.97 Å². The molecule has 1 aromatic heterocycles. The Morgan fingerprint density at radius 3 is 3.07 bits per heavy atom. The zero-order valence-electron chi connectivity index (χ0n) is 8.67. The summed E-state index contributed by atoms with van der Waals surface area (Å²) in [7, 11) is 0. The molecule has 3 heteroatoms. The molecule has 2 heterocycles. The van der Waals surface area contributed by atoms with Gasteiger partial charge in [-0.3, -0.25) is 0 Å². The molecule has 1 aromatic rings. The molecule has 2 rings (SSSR count). The molecule has 1 N–H and O–H groups in total. The molecule has 0 saturated carbocycles. The van der Waals surface area contributed by atoms with Crippen LogP contribution in [0.4, 0.5) is 5.82 Å². The third-order valence-electron chi connectivity index (χ3n) is 2.62. The molecular weight excluding hydrogens is 174 g/mol. The molecule has 0 atom stereocenters. The molecule has 3 nitrogen and oxygen atoms in total. The highest BCUT2D eigenvalue weighted by molar-refractivity contribution is 5.76. The molecule has 74 valence electrons. The summed E-state index contributed by atoms with van der Waals surface area (Å²) in [6.07, 6.45) is 6.07. The third kappa shape index (κ3) is 1.50. The maximum absolute atomic E-state index is 4.28. The Morgan fingerprint density at radius 2 is 2.29 bits per heavy atom. The van der Waals surface area contributed by atoms with Crippen molar-refractivity contribution in [2.45, 2.75) is 26.7 Å². The van der Waals surface area contributed by atoms with Gasteiger partial charge >= 0.3 is 0 Å². The highest BCUT2D eigenvalue weighted by atomic mass is 15.0. The second kappa shape index (κ2) is 3.78. The first-order chi connectivity index (χ1) is 6.83.